The van der Waals surface area contributed by atoms with Gasteiger partial charge in [0, 0.05) is 32.2 Å². The van der Waals surface area contributed by atoms with E-state index in [0.717, 1.165) is 31.7 Å². The molecule has 1 heterocycles. The molecule has 0 bridgehead atoms. The summed E-state index contributed by atoms with van der Waals surface area (Å²) >= 11 is 0. The molecule has 1 aromatic carbocycles. The van der Waals surface area contributed by atoms with Crippen LogP contribution in [0.15, 0.2) is 24.3 Å². The normalized spacial score (nSPS) is 21.4. The lowest BCUT2D eigenvalue weighted by Crippen LogP contribution is -2.54. The maximum absolute atomic E-state index is 12.0. The maximum Gasteiger partial charge on any atom is 0.325 e. The predicted octanol–water partition coefficient (Wildman–Crippen LogP) is 3.60. The molecule has 2 rings (SSSR count). The van der Waals surface area contributed by atoms with Crippen molar-refractivity contribution in [3.05, 3.63) is 35.4 Å². The van der Waals surface area contributed by atoms with Gasteiger partial charge in [0.25, 0.3) is 0 Å². The van der Waals surface area contributed by atoms with Crippen molar-refractivity contribution in [1.82, 2.24) is 9.80 Å². The molecule has 0 radical (unpaired) electrons. The quantitative estimate of drug-likeness (QED) is 0.864. The van der Waals surface area contributed by atoms with Gasteiger partial charge in [0.15, 0.2) is 0 Å². The molecule has 1 N–H and O–H groups in total. The van der Waals surface area contributed by atoms with Gasteiger partial charge in [-0.3, -0.25) is 9.69 Å². The van der Waals surface area contributed by atoms with Crippen LogP contribution in [0.2, 0.25) is 0 Å². The second-order valence-electron chi connectivity index (χ2n) is 7.80. The summed E-state index contributed by atoms with van der Waals surface area (Å²) in [5.74, 6) is 0.347. The van der Waals surface area contributed by atoms with Crippen LogP contribution in [-0.4, -0.2) is 53.1 Å². The molecule has 2 atom stereocenters. The SMILES string of the molecule is CC(C)CN1CCN(C(C(=O)O)c2ccc(C(C)C)cc2)C(C)C1. The van der Waals surface area contributed by atoms with Crippen LogP contribution in [0.3, 0.4) is 0 Å². The third-order valence-electron chi connectivity index (χ3n) is 4.87. The van der Waals surface area contributed by atoms with Crippen molar-refractivity contribution in [2.24, 2.45) is 5.92 Å². The highest BCUT2D eigenvalue weighted by Gasteiger charge is 2.34. The fourth-order valence-corrected chi connectivity index (χ4v) is 3.65. The Kier molecular flexibility index (Phi) is 6.41. The minimum absolute atomic E-state index is 0.239. The minimum atomic E-state index is -0.753. The van der Waals surface area contributed by atoms with Crippen LogP contribution in [0.4, 0.5) is 0 Å². The first-order chi connectivity index (χ1) is 11.3. The first-order valence-electron chi connectivity index (χ1n) is 9.10. The molecule has 1 aromatic rings. The third kappa shape index (κ3) is 4.58. The number of piperazine rings is 1. The van der Waals surface area contributed by atoms with E-state index in [-0.39, 0.29) is 6.04 Å². The zero-order chi connectivity index (χ0) is 17.9. The number of nitrogens with zero attached hydrogens (tertiary/aromatic N) is 2. The number of hydrogen-bond acceptors (Lipinski definition) is 3. The van der Waals surface area contributed by atoms with Gasteiger partial charge >= 0.3 is 5.97 Å². The van der Waals surface area contributed by atoms with Gasteiger partial charge in [0.05, 0.1) is 0 Å². The topological polar surface area (TPSA) is 43.8 Å². The highest BCUT2D eigenvalue weighted by molar-refractivity contribution is 5.75. The molecule has 0 saturated carbocycles. The Morgan fingerprint density at radius 2 is 1.71 bits per heavy atom. The summed E-state index contributed by atoms with van der Waals surface area (Å²) in [4.78, 5) is 16.6. The van der Waals surface area contributed by atoms with Crippen LogP contribution in [0.1, 0.15) is 57.7 Å². The van der Waals surface area contributed by atoms with E-state index in [0.29, 0.717) is 11.8 Å². The number of rotatable bonds is 6. The molecule has 1 aliphatic rings. The van der Waals surface area contributed by atoms with E-state index in [1.165, 1.54) is 5.56 Å². The van der Waals surface area contributed by atoms with Crippen molar-refractivity contribution >= 4 is 5.97 Å². The maximum atomic E-state index is 12.0. The predicted molar refractivity (Wildman–Crippen MR) is 98.4 cm³/mol. The van der Waals surface area contributed by atoms with E-state index in [2.05, 4.69) is 56.6 Å². The number of hydrogen-bond donors (Lipinski definition) is 1. The zero-order valence-corrected chi connectivity index (χ0v) is 15.7. The smallest absolute Gasteiger partial charge is 0.325 e. The van der Waals surface area contributed by atoms with Crippen molar-refractivity contribution in [1.29, 1.82) is 0 Å². The molecule has 0 spiro atoms. The van der Waals surface area contributed by atoms with Crippen LogP contribution in [0.5, 0.6) is 0 Å². The van der Waals surface area contributed by atoms with Crippen molar-refractivity contribution in [2.45, 2.75) is 52.6 Å². The lowest BCUT2D eigenvalue weighted by atomic mass is 9.97. The summed E-state index contributed by atoms with van der Waals surface area (Å²) in [6, 6.07) is 7.79. The molecular weight excluding hydrogens is 300 g/mol. The van der Waals surface area contributed by atoms with Gasteiger partial charge in [0.2, 0.25) is 0 Å². The molecule has 134 valence electrons. The van der Waals surface area contributed by atoms with E-state index in [9.17, 15) is 9.90 Å². The van der Waals surface area contributed by atoms with Gasteiger partial charge in [-0.25, -0.2) is 0 Å². The van der Waals surface area contributed by atoms with Crippen LogP contribution in [0, 0.1) is 5.92 Å². The lowest BCUT2D eigenvalue weighted by molar-refractivity contribution is -0.145. The zero-order valence-electron chi connectivity index (χ0n) is 15.7. The third-order valence-corrected chi connectivity index (χ3v) is 4.87. The summed E-state index contributed by atoms with van der Waals surface area (Å²) < 4.78 is 0. The van der Waals surface area contributed by atoms with Crippen LogP contribution in [-0.2, 0) is 4.79 Å². The molecule has 4 heteroatoms. The molecule has 0 aliphatic carbocycles. The Morgan fingerprint density at radius 1 is 1.12 bits per heavy atom. The molecule has 1 aliphatic heterocycles. The Bertz CT molecular complexity index is 539. The van der Waals surface area contributed by atoms with Crippen molar-refractivity contribution in [3.8, 4) is 0 Å². The van der Waals surface area contributed by atoms with Crippen LogP contribution in [0.25, 0.3) is 0 Å². The summed E-state index contributed by atoms with van der Waals surface area (Å²) in [5.41, 5.74) is 2.13. The number of carbonyl (C=O) groups is 1. The van der Waals surface area contributed by atoms with Crippen LogP contribution >= 0.6 is 0 Å². The van der Waals surface area contributed by atoms with Gasteiger partial charge < -0.3 is 10.0 Å². The van der Waals surface area contributed by atoms with Crippen LogP contribution < -0.4 is 0 Å². The summed E-state index contributed by atoms with van der Waals surface area (Å²) in [7, 11) is 0. The van der Waals surface area contributed by atoms with Gasteiger partial charge in [0.1, 0.15) is 6.04 Å². The highest BCUT2D eigenvalue weighted by Crippen LogP contribution is 2.27. The molecule has 1 saturated heterocycles. The monoisotopic (exact) mass is 332 g/mol. The average molecular weight is 332 g/mol. The molecular formula is C20H32N2O2. The second-order valence-corrected chi connectivity index (χ2v) is 7.80. The first-order valence-corrected chi connectivity index (χ1v) is 9.10. The number of aliphatic carboxylic acids is 1. The Hall–Kier alpha value is -1.39. The van der Waals surface area contributed by atoms with E-state index < -0.39 is 12.0 Å². The Morgan fingerprint density at radius 3 is 2.17 bits per heavy atom. The van der Waals surface area contributed by atoms with E-state index >= 15 is 0 Å². The number of carboxylic acid groups (broad SMARTS) is 1. The fourth-order valence-electron chi connectivity index (χ4n) is 3.65. The minimum Gasteiger partial charge on any atom is -0.480 e. The molecule has 1 fully saturated rings. The van der Waals surface area contributed by atoms with Gasteiger partial charge in [-0.15, -0.1) is 0 Å². The molecule has 2 unspecified atom stereocenters. The van der Waals surface area contributed by atoms with Gasteiger partial charge in [-0.2, -0.15) is 0 Å². The largest absolute Gasteiger partial charge is 0.480 e. The molecule has 24 heavy (non-hydrogen) atoms. The van der Waals surface area contributed by atoms with E-state index in [1.807, 2.05) is 12.1 Å². The van der Waals surface area contributed by atoms with Gasteiger partial charge in [-0.1, -0.05) is 52.0 Å². The first kappa shape index (κ1) is 18.9. The van der Waals surface area contributed by atoms with E-state index in [1.54, 1.807) is 0 Å². The lowest BCUT2D eigenvalue weighted by Gasteiger charge is -2.43. The Balaban J connectivity index is 2.15. The second kappa shape index (κ2) is 8.13. The van der Waals surface area contributed by atoms with Crippen molar-refractivity contribution in [2.75, 3.05) is 26.2 Å². The van der Waals surface area contributed by atoms with Crippen molar-refractivity contribution in [3.63, 3.8) is 0 Å². The molecule has 0 aromatic heterocycles. The average Bonchev–Trinajstić information content (AvgIpc) is 2.49. The van der Waals surface area contributed by atoms with E-state index in [4.69, 9.17) is 0 Å². The highest BCUT2D eigenvalue weighted by atomic mass is 16.4. The summed E-state index contributed by atoms with van der Waals surface area (Å²) in [6.07, 6.45) is 0. The number of benzene rings is 1. The fraction of sp³-hybridized carbons (Fsp3) is 0.650. The molecule has 4 nitrogen and oxygen atoms in total. The van der Waals surface area contributed by atoms with Gasteiger partial charge in [-0.05, 0) is 29.9 Å². The molecule has 0 amide bonds. The van der Waals surface area contributed by atoms with Crippen molar-refractivity contribution < 1.29 is 9.90 Å². The summed E-state index contributed by atoms with van der Waals surface area (Å²) in [5, 5.41) is 9.83. The standard InChI is InChI=1S/C20H32N2O2/c1-14(2)12-21-10-11-22(16(5)13-21)19(20(23)24)18-8-6-17(7-9-18)15(3)4/h6-9,14-16,19H,10-13H2,1-5H3,(H,23,24). The number of carboxylic acids is 1. The summed E-state index contributed by atoms with van der Waals surface area (Å²) in [6.45, 7) is 14.7. The Labute approximate surface area is 146 Å².